The lowest BCUT2D eigenvalue weighted by Gasteiger charge is -2.38. The highest BCUT2D eigenvalue weighted by atomic mass is 16.7. The summed E-state index contributed by atoms with van der Waals surface area (Å²) < 4.78 is 15.8. The van der Waals surface area contributed by atoms with E-state index in [0.717, 1.165) is 0 Å². The van der Waals surface area contributed by atoms with E-state index < -0.39 is 48.6 Å². The van der Waals surface area contributed by atoms with Crippen LogP contribution in [0.15, 0.2) is 84.9 Å². The first-order chi connectivity index (χ1) is 18.3. The third-order valence-electron chi connectivity index (χ3n) is 6.30. The predicted molar refractivity (Wildman–Crippen MR) is 134 cm³/mol. The molecule has 0 spiro atoms. The molecule has 0 saturated carbocycles. The summed E-state index contributed by atoms with van der Waals surface area (Å²) in [5.74, 6) is -2.93. The molecule has 198 valence electrons. The Morgan fingerprint density at radius 1 is 0.816 bits per heavy atom. The van der Waals surface area contributed by atoms with Gasteiger partial charge in [0.15, 0.2) is 11.9 Å². The number of carbonyl (C=O) groups is 3. The van der Waals surface area contributed by atoms with Crippen molar-refractivity contribution in [3.8, 4) is 0 Å². The zero-order valence-electron chi connectivity index (χ0n) is 20.5. The minimum Gasteiger partial charge on any atom is -0.459 e. The van der Waals surface area contributed by atoms with Crippen molar-refractivity contribution in [1.29, 1.82) is 0 Å². The molecule has 3 aromatic rings. The summed E-state index contributed by atoms with van der Waals surface area (Å²) in [6.07, 6.45) is -8.90. The Bertz CT molecular complexity index is 1260. The quantitative estimate of drug-likeness (QED) is 0.301. The van der Waals surface area contributed by atoms with Gasteiger partial charge in [0.1, 0.15) is 24.9 Å². The molecule has 3 N–H and O–H groups in total. The van der Waals surface area contributed by atoms with Crippen molar-refractivity contribution in [3.05, 3.63) is 107 Å². The average molecular weight is 521 g/mol. The average Bonchev–Trinajstić information content (AvgIpc) is 2.96. The highest BCUT2D eigenvalue weighted by molar-refractivity contribution is 6.09. The molecule has 0 bridgehead atoms. The maximum absolute atomic E-state index is 12.9. The van der Waals surface area contributed by atoms with Crippen molar-refractivity contribution in [3.63, 3.8) is 0 Å². The number of carbonyl (C=O) groups excluding carboxylic acids is 3. The van der Waals surface area contributed by atoms with Crippen LogP contribution in [0.4, 0.5) is 0 Å². The molecule has 0 unspecified atom stereocenters. The fraction of sp³-hybridized carbons (Fsp3) is 0.276. The SMILES string of the molecule is C[C@H](C(=O)O[C@@H]1O[C@@H](C(=O)OCc2ccccc2)[C@@H](O)[C@H](O)[C@@H]1O)c1cccc(C(=O)c2ccccc2)c1. The molecule has 9 heteroatoms. The van der Waals surface area contributed by atoms with Crippen LogP contribution in [0.1, 0.15) is 39.9 Å². The normalized spacial score (nSPS) is 23.7. The Balaban J connectivity index is 1.42. The molecule has 1 fully saturated rings. The molecule has 38 heavy (non-hydrogen) atoms. The second kappa shape index (κ2) is 12.1. The van der Waals surface area contributed by atoms with E-state index in [0.29, 0.717) is 22.3 Å². The first-order valence-electron chi connectivity index (χ1n) is 12.1. The highest BCUT2D eigenvalue weighted by Crippen LogP contribution is 2.26. The topological polar surface area (TPSA) is 140 Å². The van der Waals surface area contributed by atoms with Crippen LogP contribution in [0.5, 0.6) is 0 Å². The summed E-state index contributed by atoms with van der Waals surface area (Å²) in [7, 11) is 0. The second-order valence-electron chi connectivity index (χ2n) is 8.97. The largest absolute Gasteiger partial charge is 0.459 e. The molecule has 1 aliphatic heterocycles. The van der Waals surface area contributed by atoms with Gasteiger partial charge in [-0.25, -0.2) is 4.79 Å². The Morgan fingerprint density at radius 3 is 2.13 bits per heavy atom. The van der Waals surface area contributed by atoms with Crippen LogP contribution in [0.2, 0.25) is 0 Å². The van der Waals surface area contributed by atoms with Gasteiger partial charge in [0.2, 0.25) is 6.29 Å². The van der Waals surface area contributed by atoms with Gasteiger partial charge in [-0.3, -0.25) is 9.59 Å². The summed E-state index contributed by atoms with van der Waals surface area (Å²) in [5, 5.41) is 30.9. The molecule has 6 atom stereocenters. The fourth-order valence-corrected chi connectivity index (χ4v) is 4.01. The molecule has 3 aromatic carbocycles. The van der Waals surface area contributed by atoms with Gasteiger partial charge in [-0.05, 0) is 24.1 Å². The third-order valence-corrected chi connectivity index (χ3v) is 6.30. The van der Waals surface area contributed by atoms with Crippen LogP contribution in [-0.4, -0.2) is 63.7 Å². The summed E-state index contributed by atoms with van der Waals surface area (Å²) in [4.78, 5) is 38.3. The standard InChI is InChI=1S/C29H28O9/c1-17(20-13-8-14-21(15-20)22(30)19-11-6-3-7-12-19)27(34)38-29-25(33)23(31)24(32)26(37-29)28(35)36-16-18-9-4-2-5-10-18/h2-15,17,23-26,29,31-33H,16H2,1H3/t17-,23-,24-,25-,26+,29-/m0/s1. The molecule has 0 aliphatic carbocycles. The Hall–Kier alpha value is -3.89. The van der Waals surface area contributed by atoms with Crippen molar-refractivity contribution in [1.82, 2.24) is 0 Å². The monoisotopic (exact) mass is 520 g/mol. The number of aliphatic hydroxyl groups is 3. The zero-order chi connectivity index (χ0) is 27.2. The zero-order valence-corrected chi connectivity index (χ0v) is 20.5. The van der Waals surface area contributed by atoms with E-state index in [1.54, 1.807) is 91.9 Å². The van der Waals surface area contributed by atoms with Crippen LogP contribution in [-0.2, 0) is 30.4 Å². The van der Waals surface area contributed by atoms with E-state index in [1.807, 2.05) is 0 Å². The molecule has 0 aromatic heterocycles. The van der Waals surface area contributed by atoms with Crippen LogP contribution in [0.3, 0.4) is 0 Å². The number of ether oxygens (including phenoxy) is 3. The van der Waals surface area contributed by atoms with Crippen molar-refractivity contribution in [2.24, 2.45) is 0 Å². The fourth-order valence-electron chi connectivity index (χ4n) is 4.01. The van der Waals surface area contributed by atoms with Crippen LogP contribution >= 0.6 is 0 Å². The number of aliphatic hydroxyl groups excluding tert-OH is 3. The number of benzene rings is 3. The van der Waals surface area contributed by atoms with Gasteiger partial charge >= 0.3 is 11.9 Å². The summed E-state index contributed by atoms with van der Waals surface area (Å²) >= 11 is 0. The van der Waals surface area contributed by atoms with Crippen molar-refractivity contribution in [2.45, 2.75) is 50.2 Å². The first-order valence-corrected chi connectivity index (χ1v) is 12.1. The molecular weight excluding hydrogens is 492 g/mol. The van der Waals surface area contributed by atoms with Gasteiger partial charge < -0.3 is 29.5 Å². The summed E-state index contributed by atoms with van der Waals surface area (Å²) in [6, 6.07) is 24.0. The smallest absolute Gasteiger partial charge is 0.338 e. The lowest BCUT2D eigenvalue weighted by Crippen LogP contribution is -2.61. The maximum Gasteiger partial charge on any atom is 0.338 e. The van der Waals surface area contributed by atoms with Crippen LogP contribution in [0, 0.1) is 0 Å². The Kier molecular flexibility index (Phi) is 8.65. The predicted octanol–water partition coefficient (Wildman–Crippen LogP) is 2.12. The van der Waals surface area contributed by atoms with Crippen LogP contribution in [0.25, 0.3) is 0 Å². The Morgan fingerprint density at radius 2 is 1.45 bits per heavy atom. The van der Waals surface area contributed by atoms with E-state index in [1.165, 1.54) is 0 Å². The van der Waals surface area contributed by atoms with E-state index in [9.17, 15) is 29.7 Å². The van der Waals surface area contributed by atoms with Gasteiger partial charge in [0.25, 0.3) is 0 Å². The maximum atomic E-state index is 12.9. The number of hydrogen-bond donors (Lipinski definition) is 3. The number of rotatable bonds is 8. The van der Waals surface area contributed by atoms with Crippen LogP contribution < -0.4 is 0 Å². The summed E-state index contributed by atoms with van der Waals surface area (Å²) in [5.41, 5.74) is 2.04. The molecule has 4 rings (SSSR count). The van der Waals surface area contributed by atoms with Gasteiger partial charge in [0, 0.05) is 11.1 Å². The molecule has 0 radical (unpaired) electrons. The highest BCUT2D eigenvalue weighted by Gasteiger charge is 2.49. The minimum absolute atomic E-state index is 0.107. The number of hydrogen-bond acceptors (Lipinski definition) is 9. The van der Waals surface area contributed by atoms with E-state index in [4.69, 9.17) is 14.2 Å². The second-order valence-corrected chi connectivity index (χ2v) is 8.97. The molecular formula is C29H28O9. The van der Waals surface area contributed by atoms with Crippen molar-refractivity contribution < 1.29 is 43.9 Å². The lowest BCUT2D eigenvalue weighted by molar-refractivity contribution is -0.288. The number of esters is 2. The van der Waals surface area contributed by atoms with E-state index in [-0.39, 0.29) is 12.4 Å². The third kappa shape index (κ3) is 6.15. The van der Waals surface area contributed by atoms with Gasteiger partial charge in [-0.1, -0.05) is 78.9 Å². The molecule has 9 nitrogen and oxygen atoms in total. The van der Waals surface area contributed by atoms with Gasteiger partial charge in [0.05, 0.1) is 5.92 Å². The van der Waals surface area contributed by atoms with Crippen molar-refractivity contribution in [2.75, 3.05) is 0 Å². The molecule has 1 saturated heterocycles. The minimum atomic E-state index is -1.84. The van der Waals surface area contributed by atoms with Gasteiger partial charge in [-0.2, -0.15) is 0 Å². The molecule has 1 aliphatic rings. The van der Waals surface area contributed by atoms with E-state index >= 15 is 0 Å². The van der Waals surface area contributed by atoms with E-state index in [2.05, 4.69) is 0 Å². The molecule has 1 heterocycles. The van der Waals surface area contributed by atoms with Crippen molar-refractivity contribution >= 4 is 17.7 Å². The summed E-state index contributed by atoms with van der Waals surface area (Å²) in [6.45, 7) is 1.44. The lowest BCUT2D eigenvalue weighted by atomic mass is 9.95. The molecule has 0 amide bonds. The number of ketones is 1. The van der Waals surface area contributed by atoms with Gasteiger partial charge in [-0.15, -0.1) is 0 Å². The Labute approximate surface area is 219 Å². The first kappa shape index (κ1) is 27.2.